The predicted octanol–water partition coefficient (Wildman–Crippen LogP) is 3.94. The van der Waals surface area contributed by atoms with Crippen LogP contribution in [-0.2, 0) is 6.54 Å². The van der Waals surface area contributed by atoms with Crippen LogP contribution in [0.5, 0.6) is 0 Å². The molecule has 0 saturated heterocycles. The number of thiazole rings is 1. The normalized spacial score (nSPS) is 10.5. The van der Waals surface area contributed by atoms with Crippen LogP contribution in [0.2, 0.25) is 0 Å². The third-order valence-electron chi connectivity index (χ3n) is 2.86. The van der Waals surface area contributed by atoms with Crippen molar-refractivity contribution in [2.24, 2.45) is 0 Å². The Morgan fingerprint density at radius 1 is 1.24 bits per heavy atom. The third-order valence-corrected chi connectivity index (χ3v) is 4.89. The molecule has 1 N–H and O–H groups in total. The Hall–Kier alpha value is -2.05. The number of hydrogen-bond acceptors (Lipinski definition) is 4. The zero-order valence-electron chi connectivity index (χ0n) is 10.9. The maximum atomic E-state index is 13.5. The molecular formula is C15H11FN2OS2. The maximum absolute atomic E-state index is 13.5. The number of carbonyl (C=O) groups is 1. The standard InChI is InChI=1S/C15H11FN2OS2/c16-11-5-2-1-4-10(11)8-17-14(19)13-9-18-15(21-13)12-6-3-7-20-12/h1-7,9H,8H2,(H,17,19). The van der Waals surface area contributed by atoms with Crippen molar-refractivity contribution in [3.8, 4) is 9.88 Å². The molecule has 1 aromatic carbocycles. The number of nitrogens with zero attached hydrogens (tertiary/aromatic N) is 1. The molecule has 21 heavy (non-hydrogen) atoms. The van der Waals surface area contributed by atoms with Crippen molar-refractivity contribution in [1.82, 2.24) is 10.3 Å². The predicted molar refractivity (Wildman–Crippen MR) is 83.0 cm³/mol. The van der Waals surface area contributed by atoms with Crippen LogP contribution in [0.15, 0.2) is 48.0 Å². The Kier molecular flexibility index (Phi) is 4.08. The molecule has 3 nitrogen and oxygen atoms in total. The first kappa shape index (κ1) is 13.9. The van der Waals surface area contributed by atoms with Gasteiger partial charge in [-0.15, -0.1) is 22.7 Å². The van der Waals surface area contributed by atoms with E-state index in [9.17, 15) is 9.18 Å². The van der Waals surface area contributed by atoms with E-state index < -0.39 is 0 Å². The summed E-state index contributed by atoms with van der Waals surface area (Å²) in [5.41, 5.74) is 0.467. The quantitative estimate of drug-likeness (QED) is 0.791. The third kappa shape index (κ3) is 3.17. The summed E-state index contributed by atoms with van der Waals surface area (Å²) in [7, 11) is 0. The van der Waals surface area contributed by atoms with E-state index in [0.717, 1.165) is 9.88 Å². The highest BCUT2D eigenvalue weighted by atomic mass is 32.1. The molecule has 0 bridgehead atoms. The number of halogens is 1. The summed E-state index contributed by atoms with van der Waals surface area (Å²) in [5, 5.41) is 5.50. The SMILES string of the molecule is O=C(NCc1ccccc1F)c1cnc(-c2cccs2)s1. The highest BCUT2D eigenvalue weighted by Gasteiger charge is 2.12. The molecule has 6 heteroatoms. The Morgan fingerprint density at radius 2 is 2.10 bits per heavy atom. The zero-order valence-corrected chi connectivity index (χ0v) is 12.5. The Morgan fingerprint density at radius 3 is 2.86 bits per heavy atom. The lowest BCUT2D eigenvalue weighted by atomic mass is 10.2. The van der Waals surface area contributed by atoms with E-state index in [-0.39, 0.29) is 18.3 Å². The molecule has 0 saturated carbocycles. The van der Waals surface area contributed by atoms with Crippen LogP contribution in [0.25, 0.3) is 9.88 Å². The highest BCUT2D eigenvalue weighted by molar-refractivity contribution is 7.21. The first-order valence-electron chi connectivity index (χ1n) is 6.25. The minimum Gasteiger partial charge on any atom is -0.347 e. The van der Waals surface area contributed by atoms with Crippen LogP contribution in [0, 0.1) is 5.82 Å². The zero-order chi connectivity index (χ0) is 14.7. The molecule has 1 amide bonds. The van der Waals surface area contributed by atoms with Gasteiger partial charge in [0.25, 0.3) is 5.91 Å². The minimum absolute atomic E-state index is 0.164. The van der Waals surface area contributed by atoms with Crippen molar-refractivity contribution in [1.29, 1.82) is 0 Å². The Bertz CT molecular complexity index is 753. The van der Waals surface area contributed by atoms with Crippen molar-refractivity contribution in [2.45, 2.75) is 6.54 Å². The molecular weight excluding hydrogens is 307 g/mol. The van der Waals surface area contributed by atoms with E-state index in [4.69, 9.17) is 0 Å². The van der Waals surface area contributed by atoms with Crippen LogP contribution in [0.4, 0.5) is 4.39 Å². The lowest BCUT2D eigenvalue weighted by Crippen LogP contribution is -2.22. The van der Waals surface area contributed by atoms with Gasteiger partial charge in [-0.3, -0.25) is 4.79 Å². The summed E-state index contributed by atoms with van der Waals surface area (Å²) in [5.74, 6) is -0.556. The second-order valence-electron chi connectivity index (χ2n) is 4.28. The molecule has 0 spiro atoms. The van der Waals surface area contributed by atoms with Crippen LogP contribution < -0.4 is 5.32 Å². The van der Waals surface area contributed by atoms with Gasteiger partial charge in [-0.2, -0.15) is 0 Å². The summed E-state index contributed by atoms with van der Waals surface area (Å²) in [4.78, 5) is 17.9. The molecule has 2 heterocycles. The Balaban J connectivity index is 1.68. The summed E-state index contributed by atoms with van der Waals surface area (Å²) in [6, 6.07) is 10.3. The topological polar surface area (TPSA) is 42.0 Å². The van der Waals surface area contributed by atoms with Gasteiger partial charge in [0, 0.05) is 12.1 Å². The summed E-state index contributed by atoms with van der Waals surface area (Å²) in [6.45, 7) is 0.164. The molecule has 0 aliphatic carbocycles. The van der Waals surface area contributed by atoms with Gasteiger partial charge in [0.15, 0.2) is 0 Å². The van der Waals surface area contributed by atoms with Gasteiger partial charge in [0.1, 0.15) is 15.7 Å². The molecule has 0 atom stereocenters. The fraction of sp³-hybridized carbons (Fsp3) is 0.0667. The molecule has 3 rings (SSSR count). The van der Waals surface area contributed by atoms with E-state index in [2.05, 4.69) is 10.3 Å². The van der Waals surface area contributed by atoms with Crippen LogP contribution in [-0.4, -0.2) is 10.9 Å². The van der Waals surface area contributed by atoms with Crippen LogP contribution in [0.1, 0.15) is 15.2 Å². The average molecular weight is 318 g/mol. The lowest BCUT2D eigenvalue weighted by molar-refractivity contribution is 0.0954. The van der Waals surface area contributed by atoms with Crippen molar-refractivity contribution in [2.75, 3.05) is 0 Å². The van der Waals surface area contributed by atoms with Gasteiger partial charge in [-0.25, -0.2) is 9.37 Å². The number of nitrogens with one attached hydrogen (secondary N) is 1. The van der Waals surface area contributed by atoms with Crippen molar-refractivity contribution >= 4 is 28.6 Å². The first-order valence-corrected chi connectivity index (χ1v) is 7.95. The number of amides is 1. The molecule has 0 aliphatic rings. The van der Waals surface area contributed by atoms with Gasteiger partial charge in [-0.05, 0) is 17.5 Å². The average Bonchev–Trinajstić information content (AvgIpc) is 3.16. The second-order valence-corrected chi connectivity index (χ2v) is 6.26. The summed E-state index contributed by atoms with van der Waals surface area (Å²) in [6.07, 6.45) is 1.55. The molecule has 106 valence electrons. The Labute approximate surface area is 129 Å². The van der Waals surface area contributed by atoms with Gasteiger partial charge < -0.3 is 5.32 Å². The number of aromatic nitrogens is 1. The molecule has 0 aliphatic heterocycles. The van der Waals surface area contributed by atoms with Gasteiger partial charge >= 0.3 is 0 Å². The van der Waals surface area contributed by atoms with Crippen molar-refractivity contribution in [3.05, 3.63) is 64.2 Å². The van der Waals surface area contributed by atoms with E-state index >= 15 is 0 Å². The smallest absolute Gasteiger partial charge is 0.263 e. The second kappa shape index (κ2) is 6.15. The lowest BCUT2D eigenvalue weighted by Gasteiger charge is -2.04. The van der Waals surface area contributed by atoms with Crippen molar-refractivity contribution < 1.29 is 9.18 Å². The van der Waals surface area contributed by atoms with Crippen LogP contribution >= 0.6 is 22.7 Å². The number of carbonyl (C=O) groups excluding carboxylic acids is 1. The number of thiophene rings is 1. The molecule has 0 radical (unpaired) electrons. The van der Waals surface area contributed by atoms with Gasteiger partial charge in [0.05, 0.1) is 11.1 Å². The molecule has 0 fully saturated rings. The summed E-state index contributed by atoms with van der Waals surface area (Å²) < 4.78 is 13.5. The molecule has 3 aromatic rings. The van der Waals surface area contributed by atoms with E-state index in [1.54, 1.807) is 35.7 Å². The fourth-order valence-corrected chi connectivity index (χ4v) is 3.43. The monoisotopic (exact) mass is 318 g/mol. The van der Waals surface area contributed by atoms with Crippen molar-refractivity contribution in [3.63, 3.8) is 0 Å². The maximum Gasteiger partial charge on any atom is 0.263 e. The van der Waals surface area contributed by atoms with E-state index in [0.29, 0.717) is 10.4 Å². The van der Waals surface area contributed by atoms with Crippen LogP contribution in [0.3, 0.4) is 0 Å². The number of hydrogen-bond donors (Lipinski definition) is 1. The fourth-order valence-electron chi connectivity index (χ4n) is 1.80. The molecule has 0 unspecified atom stereocenters. The van der Waals surface area contributed by atoms with Gasteiger partial charge in [-0.1, -0.05) is 24.3 Å². The number of rotatable bonds is 4. The highest BCUT2D eigenvalue weighted by Crippen LogP contribution is 2.28. The minimum atomic E-state index is -0.318. The molecule has 2 aromatic heterocycles. The van der Waals surface area contributed by atoms with E-state index in [1.807, 2.05) is 17.5 Å². The largest absolute Gasteiger partial charge is 0.347 e. The summed E-state index contributed by atoms with van der Waals surface area (Å²) >= 11 is 2.91. The first-order chi connectivity index (χ1) is 10.2. The van der Waals surface area contributed by atoms with E-state index in [1.165, 1.54) is 17.4 Å². The van der Waals surface area contributed by atoms with Gasteiger partial charge in [0.2, 0.25) is 0 Å². The number of benzene rings is 1.